The minimum atomic E-state index is 0.507. The molecule has 0 N–H and O–H groups in total. The second-order valence-electron chi connectivity index (χ2n) is 4.11. The van der Waals surface area contributed by atoms with E-state index < -0.39 is 0 Å². The van der Waals surface area contributed by atoms with Gasteiger partial charge in [-0.2, -0.15) is 0 Å². The summed E-state index contributed by atoms with van der Waals surface area (Å²) in [5.41, 5.74) is 1.12. The van der Waals surface area contributed by atoms with Crippen LogP contribution in [0.4, 0.5) is 0 Å². The SMILES string of the molecule is [3H]c1ccc2ccc3c([3H])c[n+](C)c(C)c3c2c1. The first-order valence-corrected chi connectivity index (χ1v) is 5.37. The molecule has 0 spiro atoms. The highest BCUT2D eigenvalue weighted by Crippen LogP contribution is 2.25. The topological polar surface area (TPSA) is 3.88 Å². The van der Waals surface area contributed by atoms with Crippen LogP contribution >= 0.6 is 0 Å². The number of benzene rings is 2. The van der Waals surface area contributed by atoms with Gasteiger partial charge in [-0.3, -0.25) is 0 Å². The first-order valence-electron chi connectivity index (χ1n) is 6.37. The highest BCUT2D eigenvalue weighted by molar-refractivity contribution is 6.07. The standard InChI is InChI=1S/C15H14N/c1-11-15-13(9-10-16(11)2)8-7-12-5-3-4-6-14(12)15/h3-10H,1-2H3/q+1/i4T,9T. The van der Waals surface area contributed by atoms with Crippen molar-refractivity contribution in [2.75, 3.05) is 0 Å². The Bertz CT molecular complexity index is 778. The quantitative estimate of drug-likeness (QED) is 0.398. The van der Waals surface area contributed by atoms with E-state index in [1.54, 1.807) is 6.07 Å². The van der Waals surface area contributed by atoms with Crippen molar-refractivity contribution < 1.29 is 7.31 Å². The molecule has 0 bridgehead atoms. The maximum Gasteiger partial charge on any atom is 0.186 e. The number of nitrogens with zero attached hydrogens (tertiary/aromatic N) is 1. The number of aromatic nitrogens is 1. The van der Waals surface area contributed by atoms with E-state index in [4.69, 9.17) is 2.74 Å². The molecule has 3 rings (SSSR count). The van der Waals surface area contributed by atoms with Crippen molar-refractivity contribution in [1.29, 1.82) is 0 Å². The summed E-state index contributed by atoms with van der Waals surface area (Å²) in [6, 6.07) is 10.7. The first-order chi connectivity index (χ1) is 8.58. The summed E-state index contributed by atoms with van der Waals surface area (Å²) in [4.78, 5) is 0. The molecule has 0 unspecified atom stereocenters. The molecule has 1 heterocycles. The number of fused-ring (bicyclic) bond motifs is 3. The van der Waals surface area contributed by atoms with Gasteiger partial charge < -0.3 is 0 Å². The van der Waals surface area contributed by atoms with Crippen molar-refractivity contribution in [2.45, 2.75) is 6.92 Å². The molecule has 78 valence electrons. The van der Waals surface area contributed by atoms with Gasteiger partial charge in [0.1, 0.15) is 7.05 Å². The molecule has 0 saturated carbocycles. The molecule has 0 aliphatic rings. The Balaban J connectivity index is 2.64. The molecule has 16 heavy (non-hydrogen) atoms. The molecule has 0 saturated heterocycles. The van der Waals surface area contributed by atoms with Gasteiger partial charge in [-0.05, 0) is 16.2 Å². The molecule has 0 amide bonds. The van der Waals surface area contributed by atoms with Gasteiger partial charge in [0.15, 0.2) is 11.9 Å². The smallest absolute Gasteiger partial charge is 0.186 e. The van der Waals surface area contributed by atoms with Crippen LogP contribution in [-0.4, -0.2) is 0 Å². The zero-order chi connectivity index (χ0) is 12.9. The Labute approximate surface area is 97.8 Å². The molecule has 0 atom stereocenters. The van der Waals surface area contributed by atoms with Crippen LogP contribution in [0.15, 0.2) is 48.6 Å². The molecule has 0 fully saturated rings. The Hall–Kier alpha value is -1.89. The van der Waals surface area contributed by atoms with E-state index in [1.165, 1.54) is 0 Å². The Morgan fingerprint density at radius 1 is 1.12 bits per heavy atom. The summed E-state index contributed by atoms with van der Waals surface area (Å²) >= 11 is 0. The Kier molecular flexibility index (Phi) is 1.53. The lowest BCUT2D eigenvalue weighted by Gasteiger charge is -2.04. The summed E-state index contributed by atoms with van der Waals surface area (Å²) < 4.78 is 17.8. The molecule has 1 aromatic heterocycles. The van der Waals surface area contributed by atoms with Crippen molar-refractivity contribution in [3.05, 3.63) is 54.3 Å². The molecule has 1 heteroatoms. The van der Waals surface area contributed by atoms with Crippen LogP contribution in [0.1, 0.15) is 8.44 Å². The lowest BCUT2D eigenvalue weighted by molar-refractivity contribution is -0.676. The minimum Gasteiger partial charge on any atom is -0.205 e. The lowest BCUT2D eigenvalue weighted by Crippen LogP contribution is -2.31. The van der Waals surface area contributed by atoms with Gasteiger partial charge in [0, 0.05) is 13.0 Å². The van der Waals surface area contributed by atoms with Crippen molar-refractivity contribution in [3.63, 3.8) is 0 Å². The van der Waals surface area contributed by atoms with Crippen LogP contribution in [0.2, 0.25) is 0 Å². The van der Waals surface area contributed by atoms with Crippen molar-refractivity contribution >= 4 is 21.5 Å². The van der Waals surface area contributed by atoms with E-state index >= 15 is 0 Å². The third-order valence-corrected chi connectivity index (χ3v) is 3.17. The summed E-state index contributed by atoms with van der Waals surface area (Å²) in [5.74, 6) is 0. The predicted octanol–water partition coefficient (Wildman–Crippen LogP) is 3.13. The van der Waals surface area contributed by atoms with E-state index in [-0.39, 0.29) is 0 Å². The fourth-order valence-corrected chi connectivity index (χ4v) is 2.16. The van der Waals surface area contributed by atoms with Gasteiger partial charge >= 0.3 is 0 Å². The van der Waals surface area contributed by atoms with E-state index in [1.807, 2.05) is 42.1 Å². The third kappa shape index (κ3) is 1.21. The molecular formula is C15H14N+. The summed E-state index contributed by atoms with van der Waals surface area (Å²) in [6.45, 7) is 2.05. The molecular weight excluding hydrogens is 194 g/mol. The van der Waals surface area contributed by atoms with Crippen molar-refractivity contribution in [1.82, 2.24) is 0 Å². The second-order valence-corrected chi connectivity index (χ2v) is 4.11. The van der Waals surface area contributed by atoms with Crippen LogP contribution in [-0.2, 0) is 7.05 Å². The van der Waals surface area contributed by atoms with Gasteiger partial charge in [-0.25, -0.2) is 4.57 Å². The number of rotatable bonds is 0. The highest BCUT2D eigenvalue weighted by atomic mass is 14.9. The van der Waals surface area contributed by atoms with Crippen LogP contribution in [0.25, 0.3) is 21.5 Å². The van der Waals surface area contributed by atoms with Gasteiger partial charge in [0.25, 0.3) is 0 Å². The minimum absolute atomic E-state index is 0.507. The molecule has 3 aromatic rings. The Morgan fingerprint density at radius 2 is 1.94 bits per heavy atom. The maximum absolute atomic E-state index is 8.06. The van der Waals surface area contributed by atoms with E-state index in [0.717, 1.165) is 27.2 Å². The molecule has 1 nitrogen and oxygen atoms in total. The van der Waals surface area contributed by atoms with Crippen molar-refractivity contribution in [3.8, 4) is 0 Å². The monoisotopic (exact) mass is 212 g/mol. The van der Waals surface area contributed by atoms with Crippen LogP contribution in [0.5, 0.6) is 0 Å². The number of hydrogen-bond donors (Lipinski definition) is 0. The number of pyridine rings is 1. The summed E-state index contributed by atoms with van der Waals surface area (Å²) in [5, 5.41) is 4.20. The fraction of sp³-hybridized carbons (Fsp3) is 0.133. The van der Waals surface area contributed by atoms with Gasteiger partial charge in [-0.1, -0.05) is 36.4 Å². The van der Waals surface area contributed by atoms with Crippen LogP contribution in [0, 0.1) is 6.92 Å². The molecule has 0 radical (unpaired) electrons. The third-order valence-electron chi connectivity index (χ3n) is 3.17. The van der Waals surface area contributed by atoms with E-state index in [0.29, 0.717) is 12.1 Å². The van der Waals surface area contributed by atoms with Gasteiger partial charge in [0.2, 0.25) is 0 Å². The second kappa shape index (κ2) is 3.31. The Morgan fingerprint density at radius 3 is 2.81 bits per heavy atom. The zero-order valence-corrected chi connectivity index (χ0v) is 9.41. The number of hydrogen-bond acceptors (Lipinski definition) is 0. The van der Waals surface area contributed by atoms with Gasteiger partial charge in [-0.15, -0.1) is 0 Å². The first kappa shape index (κ1) is 7.39. The van der Waals surface area contributed by atoms with E-state index in [2.05, 4.69) is 6.92 Å². The van der Waals surface area contributed by atoms with Crippen molar-refractivity contribution in [2.24, 2.45) is 7.05 Å². The fourth-order valence-electron chi connectivity index (χ4n) is 2.16. The van der Waals surface area contributed by atoms with E-state index in [9.17, 15) is 0 Å². The average Bonchev–Trinajstić information content (AvgIpc) is 2.34. The highest BCUT2D eigenvalue weighted by Gasteiger charge is 2.09. The summed E-state index contributed by atoms with van der Waals surface area (Å²) in [6.07, 6.45) is 1.83. The maximum atomic E-state index is 8.06. The van der Waals surface area contributed by atoms with Crippen LogP contribution in [0.3, 0.4) is 0 Å². The molecule has 0 aliphatic carbocycles. The average molecular weight is 212 g/mol. The number of aryl methyl sites for hydroxylation is 2. The van der Waals surface area contributed by atoms with Gasteiger partial charge in [0.05, 0.1) is 8.13 Å². The largest absolute Gasteiger partial charge is 0.205 e. The zero-order valence-electron chi connectivity index (χ0n) is 11.4. The molecule has 2 aromatic carbocycles. The predicted molar refractivity (Wildman–Crippen MR) is 67.4 cm³/mol. The normalized spacial score (nSPS) is 12.9. The lowest BCUT2D eigenvalue weighted by atomic mass is 10.0. The summed E-state index contributed by atoms with van der Waals surface area (Å²) in [7, 11) is 1.95. The molecule has 0 aliphatic heterocycles. The van der Waals surface area contributed by atoms with Crippen LogP contribution < -0.4 is 4.57 Å².